The molecule has 0 heterocycles. The Labute approximate surface area is 73.7 Å². The highest BCUT2D eigenvalue weighted by atomic mass is 35.5. The molecule has 0 saturated heterocycles. The Hall–Kier alpha value is -0.440. The summed E-state index contributed by atoms with van der Waals surface area (Å²) in [5.41, 5.74) is 0.294. The van der Waals surface area contributed by atoms with Crippen LogP contribution in [0.3, 0.4) is 0 Å². The van der Waals surface area contributed by atoms with Crippen molar-refractivity contribution in [2.75, 3.05) is 0 Å². The van der Waals surface area contributed by atoms with Crippen LogP contribution in [0.1, 0.15) is 19.8 Å². The molecule has 4 heteroatoms. The molecule has 0 spiro atoms. The van der Waals surface area contributed by atoms with Gasteiger partial charge in [0.1, 0.15) is 0 Å². The van der Waals surface area contributed by atoms with Gasteiger partial charge in [-0.05, 0) is 25.8 Å². The van der Waals surface area contributed by atoms with Gasteiger partial charge in [0.05, 0.1) is 5.57 Å². The van der Waals surface area contributed by atoms with E-state index in [2.05, 4.69) is 0 Å². The Morgan fingerprint density at radius 1 is 1.33 bits per heavy atom. The minimum atomic E-state index is -4.27. The minimum absolute atomic E-state index is 0.00463. The second kappa shape index (κ2) is 3.13. The Morgan fingerprint density at radius 2 is 1.92 bits per heavy atom. The van der Waals surface area contributed by atoms with Crippen LogP contribution in [0.5, 0.6) is 0 Å². The van der Waals surface area contributed by atoms with Crippen LogP contribution in [-0.2, 0) is 0 Å². The van der Waals surface area contributed by atoms with Crippen LogP contribution < -0.4 is 0 Å². The van der Waals surface area contributed by atoms with Crippen LogP contribution in [0.4, 0.5) is 13.2 Å². The molecule has 68 valence electrons. The SMILES string of the molecule is CC1=CC(Cl)=C(C(F)(F)F)CC1. The molecule has 0 N–H and O–H groups in total. The number of allylic oxidation sites excluding steroid dienone is 4. The third-order valence-electron chi connectivity index (χ3n) is 1.77. The molecule has 0 atom stereocenters. The van der Waals surface area contributed by atoms with Crippen molar-refractivity contribution in [2.45, 2.75) is 25.9 Å². The fourth-order valence-corrected chi connectivity index (χ4v) is 1.48. The van der Waals surface area contributed by atoms with Gasteiger partial charge in [-0.3, -0.25) is 0 Å². The molecule has 0 aliphatic heterocycles. The molecule has 0 amide bonds. The third-order valence-corrected chi connectivity index (χ3v) is 2.11. The molecule has 1 aliphatic carbocycles. The monoisotopic (exact) mass is 196 g/mol. The largest absolute Gasteiger partial charge is 0.414 e. The zero-order chi connectivity index (χ0) is 9.35. The summed E-state index contributed by atoms with van der Waals surface area (Å²) in [4.78, 5) is 0. The predicted octanol–water partition coefficient (Wildman–Crippen LogP) is 3.78. The summed E-state index contributed by atoms with van der Waals surface area (Å²) < 4.78 is 36.4. The first kappa shape index (κ1) is 9.65. The average molecular weight is 197 g/mol. The first-order valence-electron chi connectivity index (χ1n) is 3.54. The zero-order valence-electron chi connectivity index (χ0n) is 6.50. The van der Waals surface area contributed by atoms with Gasteiger partial charge in [0.2, 0.25) is 0 Å². The van der Waals surface area contributed by atoms with Crippen molar-refractivity contribution in [3.63, 3.8) is 0 Å². The summed E-state index contributed by atoms with van der Waals surface area (Å²) >= 11 is 5.45. The second-order valence-corrected chi connectivity index (χ2v) is 3.22. The summed E-state index contributed by atoms with van der Waals surface area (Å²) in [6, 6.07) is 0. The smallest absolute Gasteiger partial charge is 0.166 e. The second-order valence-electron chi connectivity index (χ2n) is 2.81. The number of hydrogen-bond donors (Lipinski definition) is 0. The molecule has 12 heavy (non-hydrogen) atoms. The van der Waals surface area contributed by atoms with Gasteiger partial charge in [0.25, 0.3) is 0 Å². The van der Waals surface area contributed by atoms with Crippen molar-refractivity contribution in [3.8, 4) is 0 Å². The lowest BCUT2D eigenvalue weighted by Gasteiger charge is -2.17. The van der Waals surface area contributed by atoms with Crippen molar-refractivity contribution >= 4 is 11.6 Å². The normalized spacial score (nSPS) is 19.6. The van der Waals surface area contributed by atoms with Gasteiger partial charge in [0.15, 0.2) is 0 Å². The molecule has 0 radical (unpaired) electrons. The van der Waals surface area contributed by atoms with Crippen LogP contribution in [-0.4, -0.2) is 6.18 Å². The fourth-order valence-electron chi connectivity index (χ4n) is 1.09. The summed E-state index contributed by atoms with van der Waals surface area (Å²) in [5, 5.41) is -0.161. The van der Waals surface area contributed by atoms with E-state index >= 15 is 0 Å². The van der Waals surface area contributed by atoms with Crippen molar-refractivity contribution < 1.29 is 13.2 Å². The van der Waals surface area contributed by atoms with Gasteiger partial charge in [-0.15, -0.1) is 0 Å². The van der Waals surface area contributed by atoms with E-state index in [0.29, 0.717) is 6.42 Å². The van der Waals surface area contributed by atoms with E-state index in [-0.39, 0.29) is 11.5 Å². The number of rotatable bonds is 0. The molecule has 0 aromatic rings. The van der Waals surface area contributed by atoms with E-state index in [1.807, 2.05) is 0 Å². The standard InChI is InChI=1S/C8H8ClF3/c1-5-2-3-6(7(9)4-5)8(10,11)12/h4H,2-3H2,1H3. The topological polar surface area (TPSA) is 0 Å². The molecule has 0 unspecified atom stereocenters. The molecule has 0 nitrogen and oxygen atoms in total. The van der Waals surface area contributed by atoms with Gasteiger partial charge in [-0.25, -0.2) is 0 Å². The highest BCUT2D eigenvalue weighted by molar-refractivity contribution is 6.31. The molecule has 1 rings (SSSR count). The van der Waals surface area contributed by atoms with E-state index < -0.39 is 11.7 Å². The summed E-state index contributed by atoms with van der Waals surface area (Å²) in [6.07, 6.45) is -2.43. The van der Waals surface area contributed by atoms with Crippen molar-refractivity contribution in [2.24, 2.45) is 0 Å². The maximum absolute atomic E-state index is 12.1. The Balaban J connectivity index is 2.98. The molecule has 0 saturated carbocycles. The lowest BCUT2D eigenvalue weighted by atomic mass is 9.99. The van der Waals surface area contributed by atoms with Crippen molar-refractivity contribution in [3.05, 3.63) is 22.3 Å². The zero-order valence-corrected chi connectivity index (χ0v) is 7.26. The van der Waals surface area contributed by atoms with Gasteiger partial charge in [-0.1, -0.05) is 17.2 Å². The maximum Gasteiger partial charge on any atom is 0.414 e. The van der Waals surface area contributed by atoms with Gasteiger partial charge in [0, 0.05) is 5.03 Å². The number of halogens is 4. The third kappa shape index (κ3) is 2.03. The van der Waals surface area contributed by atoms with E-state index in [1.54, 1.807) is 6.92 Å². The number of hydrogen-bond acceptors (Lipinski definition) is 0. The lowest BCUT2D eigenvalue weighted by Crippen LogP contribution is -2.14. The Bertz CT molecular complexity index is 248. The highest BCUT2D eigenvalue weighted by Gasteiger charge is 2.36. The predicted molar refractivity (Wildman–Crippen MR) is 41.9 cm³/mol. The van der Waals surface area contributed by atoms with Crippen molar-refractivity contribution in [1.82, 2.24) is 0 Å². The average Bonchev–Trinajstić information content (AvgIpc) is 1.83. The minimum Gasteiger partial charge on any atom is -0.166 e. The summed E-state index contributed by atoms with van der Waals surface area (Å²) in [6.45, 7) is 1.77. The van der Waals surface area contributed by atoms with Crippen LogP contribution in [0.15, 0.2) is 22.3 Å². The molecular weight excluding hydrogens is 189 g/mol. The quantitative estimate of drug-likeness (QED) is 0.553. The van der Waals surface area contributed by atoms with Crippen LogP contribution in [0, 0.1) is 0 Å². The Kier molecular flexibility index (Phi) is 2.52. The van der Waals surface area contributed by atoms with Gasteiger partial charge < -0.3 is 0 Å². The molecule has 1 aliphatic rings. The Morgan fingerprint density at radius 3 is 2.33 bits per heavy atom. The van der Waals surface area contributed by atoms with E-state index in [0.717, 1.165) is 5.57 Å². The van der Waals surface area contributed by atoms with E-state index in [4.69, 9.17) is 11.6 Å². The molecule has 0 fully saturated rings. The first-order valence-corrected chi connectivity index (χ1v) is 3.92. The van der Waals surface area contributed by atoms with Crippen molar-refractivity contribution in [1.29, 1.82) is 0 Å². The lowest BCUT2D eigenvalue weighted by molar-refractivity contribution is -0.0943. The molecule has 0 aromatic heterocycles. The van der Waals surface area contributed by atoms with Gasteiger partial charge in [-0.2, -0.15) is 13.2 Å². The maximum atomic E-state index is 12.1. The molecule has 0 aromatic carbocycles. The highest BCUT2D eigenvalue weighted by Crippen LogP contribution is 2.37. The first-order chi connectivity index (χ1) is 5.41. The molecule has 0 bridgehead atoms. The number of alkyl halides is 3. The van der Waals surface area contributed by atoms with E-state index in [1.165, 1.54) is 6.08 Å². The summed E-state index contributed by atoms with van der Waals surface area (Å²) in [5.74, 6) is 0. The fraction of sp³-hybridized carbons (Fsp3) is 0.500. The van der Waals surface area contributed by atoms with Gasteiger partial charge >= 0.3 is 6.18 Å². The van der Waals surface area contributed by atoms with Crippen LogP contribution in [0.25, 0.3) is 0 Å². The van der Waals surface area contributed by atoms with E-state index in [9.17, 15) is 13.2 Å². The summed E-state index contributed by atoms with van der Waals surface area (Å²) in [7, 11) is 0. The molecular formula is C8H8ClF3. The van der Waals surface area contributed by atoms with Crippen LogP contribution in [0.2, 0.25) is 0 Å². The van der Waals surface area contributed by atoms with Crippen LogP contribution >= 0.6 is 11.6 Å².